The van der Waals surface area contributed by atoms with E-state index in [1.54, 1.807) is 4.68 Å². The van der Waals surface area contributed by atoms with Crippen LogP contribution in [0.4, 0.5) is 0 Å². The molecule has 0 amide bonds. The number of hydrogen-bond donors (Lipinski definition) is 0. The number of hydrogen-bond acceptors (Lipinski definition) is 2. The van der Waals surface area contributed by atoms with Crippen LogP contribution in [0.15, 0.2) is 89.9 Å². The molecule has 5 rings (SSSR count). The van der Waals surface area contributed by atoms with Crippen molar-refractivity contribution in [3.8, 4) is 11.3 Å². The van der Waals surface area contributed by atoms with Crippen LogP contribution in [-0.4, -0.2) is 14.3 Å². The molecule has 0 saturated heterocycles. The highest BCUT2D eigenvalue weighted by Gasteiger charge is 2.20. The molecule has 0 fully saturated rings. The molecule has 4 heteroatoms. The molecule has 2 aliphatic rings. The monoisotopic (exact) mass is 379 g/mol. The Kier molecular flexibility index (Phi) is 4.24. The molecule has 0 bridgehead atoms. The quantitative estimate of drug-likeness (QED) is 0.454. The van der Waals surface area contributed by atoms with Gasteiger partial charge in [0, 0.05) is 18.1 Å². The molecule has 29 heavy (non-hydrogen) atoms. The van der Waals surface area contributed by atoms with Gasteiger partial charge in [0.25, 0.3) is 5.56 Å². The molecule has 3 aromatic carbocycles. The van der Waals surface area contributed by atoms with Crippen molar-refractivity contribution in [1.29, 1.82) is 0 Å². The fourth-order valence-corrected chi connectivity index (χ4v) is 3.81. The Morgan fingerprint density at radius 3 is 2.28 bits per heavy atom. The first-order valence-corrected chi connectivity index (χ1v) is 9.77. The van der Waals surface area contributed by atoms with Crippen molar-refractivity contribution in [2.75, 3.05) is 0 Å². The van der Waals surface area contributed by atoms with Crippen LogP contribution in [-0.2, 0) is 13.1 Å². The third-order valence-corrected chi connectivity index (χ3v) is 5.34. The lowest BCUT2D eigenvalue weighted by Gasteiger charge is -2.14. The minimum atomic E-state index is -0.0488. The first-order valence-electron chi connectivity index (χ1n) is 9.77. The van der Waals surface area contributed by atoms with Crippen molar-refractivity contribution in [3.63, 3.8) is 0 Å². The maximum Gasteiger partial charge on any atom is 0.278 e. The summed E-state index contributed by atoms with van der Waals surface area (Å²) in [5.41, 5.74) is 5.96. The molecule has 0 spiro atoms. The summed E-state index contributed by atoms with van der Waals surface area (Å²) in [5, 5.41) is 5.69. The standard InChI is InChI=1S/C25H21N3O/c1-18-11-13-20(14-12-18)15-27-17-22-24(21-9-5-6-10-23(21)27)26-28(25(22)29)16-19-7-3-2-4-8-19/h2-14,17H,15-16H2,1H3. The molecule has 0 radical (unpaired) electrons. The summed E-state index contributed by atoms with van der Waals surface area (Å²) >= 11 is 0. The summed E-state index contributed by atoms with van der Waals surface area (Å²) in [6.45, 7) is 3.27. The van der Waals surface area contributed by atoms with E-state index in [0.717, 1.165) is 22.2 Å². The first-order chi connectivity index (χ1) is 14.2. The molecule has 3 aromatic rings. The Morgan fingerprint density at radius 1 is 0.793 bits per heavy atom. The van der Waals surface area contributed by atoms with Crippen molar-refractivity contribution in [3.05, 3.63) is 112 Å². The molecule has 4 nitrogen and oxygen atoms in total. The maximum absolute atomic E-state index is 13.1. The third kappa shape index (κ3) is 3.23. The largest absolute Gasteiger partial charge is 0.342 e. The normalized spacial score (nSPS) is 11.3. The second-order valence-corrected chi connectivity index (χ2v) is 7.47. The smallest absolute Gasteiger partial charge is 0.278 e. The summed E-state index contributed by atoms with van der Waals surface area (Å²) < 4.78 is 3.72. The molecule has 0 unspecified atom stereocenters. The lowest BCUT2D eigenvalue weighted by molar-refractivity contribution is 0.670. The van der Waals surface area contributed by atoms with E-state index in [0.29, 0.717) is 18.7 Å². The van der Waals surface area contributed by atoms with Crippen molar-refractivity contribution >= 4 is 10.9 Å². The zero-order chi connectivity index (χ0) is 19.8. The van der Waals surface area contributed by atoms with E-state index in [1.807, 2.05) is 54.7 Å². The average molecular weight is 379 g/mol. The molecule has 0 saturated carbocycles. The van der Waals surface area contributed by atoms with Gasteiger partial charge in [-0.05, 0) is 24.1 Å². The van der Waals surface area contributed by atoms with Crippen LogP contribution in [0.1, 0.15) is 16.7 Å². The fraction of sp³-hybridized carbons (Fsp3) is 0.120. The fourth-order valence-electron chi connectivity index (χ4n) is 3.81. The third-order valence-electron chi connectivity index (χ3n) is 5.34. The summed E-state index contributed by atoms with van der Waals surface area (Å²) in [5.74, 6) is 0. The van der Waals surface area contributed by atoms with Crippen molar-refractivity contribution < 1.29 is 0 Å². The summed E-state index contributed by atoms with van der Waals surface area (Å²) in [6.07, 6.45) is 1.95. The Hall–Kier alpha value is -3.66. The lowest BCUT2D eigenvalue weighted by Crippen LogP contribution is -2.17. The lowest BCUT2D eigenvalue weighted by atomic mass is 10.1. The second kappa shape index (κ2) is 7.06. The number of pyridine rings is 1. The molecule has 0 N–H and O–H groups in total. The van der Waals surface area contributed by atoms with Crippen LogP contribution in [0.3, 0.4) is 0 Å². The van der Waals surface area contributed by atoms with Gasteiger partial charge >= 0.3 is 0 Å². The van der Waals surface area contributed by atoms with Gasteiger partial charge in [-0.2, -0.15) is 5.10 Å². The number of nitrogens with zero attached hydrogens (tertiary/aromatic N) is 3. The molecule has 0 aliphatic carbocycles. The number of para-hydroxylation sites is 1. The number of benzene rings is 3. The van der Waals surface area contributed by atoms with Crippen molar-refractivity contribution in [1.82, 2.24) is 14.3 Å². The number of aromatic nitrogens is 3. The topological polar surface area (TPSA) is 39.8 Å². The van der Waals surface area contributed by atoms with E-state index in [-0.39, 0.29) is 5.56 Å². The van der Waals surface area contributed by atoms with Gasteiger partial charge in [-0.25, -0.2) is 4.68 Å². The predicted molar refractivity (Wildman–Crippen MR) is 116 cm³/mol. The molecule has 2 heterocycles. The van der Waals surface area contributed by atoms with Crippen LogP contribution in [0, 0.1) is 6.92 Å². The summed E-state index contributed by atoms with van der Waals surface area (Å²) in [6, 6.07) is 26.6. The first kappa shape index (κ1) is 17.4. The number of rotatable bonds is 4. The number of fused-ring (bicyclic) bond motifs is 3. The van der Waals surface area contributed by atoms with E-state index in [2.05, 4.69) is 46.9 Å². The molecule has 142 valence electrons. The van der Waals surface area contributed by atoms with Gasteiger partial charge < -0.3 is 4.57 Å². The molecular formula is C25H21N3O. The Balaban J connectivity index is 1.66. The zero-order valence-electron chi connectivity index (χ0n) is 16.2. The van der Waals surface area contributed by atoms with E-state index in [1.165, 1.54) is 11.1 Å². The van der Waals surface area contributed by atoms with Gasteiger partial charge in [-0.15, -0.1) is 0 Å². The van der Waals surface area contributed by atoms with Gasteiger partial charge in [-0.1, -0.05) is 78.4 Å². The summed E-state index contributed by atoms with van der Waals surface area (Å²) in [7, 11) is 0. The maximum atomic E-state index is 13.1. The molecule has 0 atom stereocenters. The summed E-state index contributed by atoms with van der Waals surface area (Å²) in [4.78, 5) is 13.1. The highest BCUT2D eigenvalue weighted by molar-refractivity contribution is 5.93. The SMILES string of the molecule is Cc1ccc(Cn2cc3c(=O)n(Cc4ccccc4)nc-3c3ccccc32)cc1. The van der Waals surface area contributed by atoms with Gasteiger partial charge in [0.2, 0.25) is 0 Å². The second-order valence-electron chi connectivity index (χ2n) is 7.47. The molecular weight excluding hydrogens is 358 g/mol. The highest BCUT2D eigenvalue weighted by Crippen LogP contribution is 2.28. The Labute approximate surface area is 169 Å². The zero-order valence-corrected chi connectivity index (χ0v) is 16.2. The van der Waals surface area contributed by atoms with Crippen molar-refractivity contribution in [2.45, 2.75) is 20.0 Å². The van der Waals surface area contributed by atoms with Crippen LogP contribution in [0.5, 0.6) is 0 Å². The Morgan fingerprint density at radius 2 is 1.48 bits per heavy atom. The molecule has 0 aromatic heterocycles. The van der Waals surface area contributed by atoms with Crippen LogP contribution in [0.25, 0.3) is 22.2 Å². The van der Waals surface area contributed by atoms with Crippen LogP contribution in [0.2, 0.25) is 0 Å². The number of aryl methyl sites for hydroxylation is 1. The van der Waals surface area contributed by atoms with E-state index in [4.69, 9.17) is 0 Å². The minimum Gasteiger partial charge on any atom is -0.342 e. The van der Waals surface area contributed by atoms with Crippen LogP contribution >= 0.6 is 0 Å². The Bertz CT molecular complexity index is 1310. The molecule has 2 aliphatic heterocycles. The van der Waals surface area contributed by atoms with Gasteiger partial charge in [0.05, 0.1) is 17.6 Å². The van der Waals surface area contributed by atoms with Crippen molar-refractivity contribution in [2.24, 2.45) is 0 Å². The van der Waals surface area contributed by atoms with Crippen LogP contribution < -0.4 is 5.56 Å². The minimum absolute atomic E-state index is 0.0488. The van der Waals surface area contributed by atoms with E-state index in [9.17, 15) is 4.79 Å². The van der Waals surface area contributed by atoms with E-state index < -0.39 is 0 Å². The highest BCUT2D eigenvalue weighted by atomic mass is 16.1. The average Bonchev–Trinajstić information content (AvgIpc) is 3.06. The van der Waals surface area contributed by atoms with Gasteiger partial charge in [0.1, 0.15) is 5.69 Å². The van der Waals surface area contributed by atoms with Gasteiger partial charge in [0.15, 0.2) is 0 Å². The predicted octanol–water partition coefficient (Wildman–Crippen LogP) is 4.71. The van der Waals surface area contributed by atoms with E-state index >= 15 is 0 Å². The van der Waals surface area contributed by atoms with Gasteiger partial charge in [-0.3, -0.25) is 4.79 Å².